The highest BCUT2D eigenvalue weighted by atomic mass is 16.4. The summed E-state index contributed by atoms with van der Waals surface area (Å²) < 4.78 is 0. The largest absolute Gasteiger partial charge is 0.508 e. The number of aliphatic carboxylic acids is 1. The molecule has 0 aliphatic carbocycles. The number of nitrogens with two attached hydrogens (primary N) is 4. The van der Waals surface area contributed by atoms with Crippen molar-refractivity contribution in [3.05, 3.63) is 29.8 Å². The minimum atomic E-state index is -1.44. The molecule has 222 valence electrons. The van der Waals surface area contributed by atoms with Gasteiger partial charge in [-0.2, -0.15) is 0 Å². The molecular formula is C25H40N8O7. The molecule has 15 heteroatoms. The summed E-state index contributed by atoms with van der Waals surface area (Å²) in [6.45, 7) is 3.86. The first kappa shape index (κ1) is 33.6. The van der Waals surface area contributed by atoms with Crippen molar-refractivity contribution in [1.29, 1.82) is 0 Å². The van der Waals surface area contributed by atoms with Gasteiger partial charge in [-0.05, 0) is 42.9 Å². The summed E-state index contributed by atoms with van der Waals surface area (Å²) in [6.07, 6.45) is -0.119. The van der Waals surface area contributed by atoms with E-state index >= 15 is 0 Å². The van der Waals surface area contributed by atoms with Gasteiger partial charge in [0.2, 0.25) is 23.6 Å². The second-order valence-corrected chi connectivity index (χ2v) is 9.75. The van der Waals surface area contributed by atoms with Crippen molar-refractivity contribution >= 4 is 35.6 Å². The predicted octanol–water partition coefficient (Wildman–Crippen LogP) is -2.22. The van der Waals surface area contributed by atoms with Crippen molar-refractivity contribution in [2.24, 2.45) is 33.8 Å². The zero-order valence-electron chi connectivity index (χ0n) is 22.6. The number of phenols is 1. The fourth-order valence-electron chi connectivity index (χ4n) is 3.69. The number of hydrogen-bond acceptors (Lipinski definition) is 8. The third-order valence-corrected chi connectivity index (χ3v) is 5.67. The molecule has 40 heavy (non-hydrogen) atoms. The van der Waals surface area contributed by atoms with Crippen molar-refractivity contribution in [1.82, 2.24) is 16.0 Å². The molecule has 0 saturated carbocycles. The molecule has 0 bridgehead atoms. The zero-order chi connectivity index (χ0) is 30.4. The van der Waals surface area contributed by atoms with Gasteiger partial charge in [0.15, 0.2) is 5.96 Å². The van der Waals surface area contributed by atoms with Gasteiger partial charge < -0.3 is 49.1 Å². The molecule has 0 spiro atoms. The molecule has 1 aromatic rings. The molecule has 1 aromatic carbocycles. The van der Waals surface area contributed by atoms with Crippen LogP contribution >= 0.6 is 0 Å². The van der Waals surface area contributed by atoms with E-state index in [9.17, 15) is 34.2 Å². The number of nitrogens with one attached hydrogen (secondary N) is 3. The number of primary amides is 1. The van der Waals surface area contributed by atoms with E-state index in [1.54, 1.807) is 0 Å². The van der Waals surface area contributed by atoms with Crippen LogP contribution in [0.1, 0.15) is 45.1 Å². The van der Waals surface area contributed by atoms with Crippen molar-refractivity contribution in [2.45, 2.75) is 70.1 Å². The molecule has 4 atom stereocenters. The fraction of sp³-hybridized carbons (Fsp3) is 0.520. The van der Waals surface area contributed by atoms with E-state index in [2.05, 4.69) is 20.9 Å². The molecule has 0 aliphatic rings. The lowest BCUT2D eigenvalue weighted by atomic mass is 10.0. The smallest absolute Gasteiger partial charge is 0.326 e. The lowest BCUT2D eigenvalue weighted by molar-refractivity contribution is -0.142. The SMILES string of the molecule is CC(C)CC(N)C(=O)NC(CC(N)=O)C(=O)NC(Cc1ccc(O)cc1)C(=O)NC(CCCN=C(N)N)C(=O)O. The second kappa shape index (κ2) is 16.5. The number of aliphatic imine (C=N–C) groups is 1. The summed E-state index contributed by atoms with van der Waals surface area (Å²) in [5.41, 5.74) is 22.2. The molecule has 0 aliphatic heterocycles. The third kappa shape index (κ3) is 12.9. The third-order valence-electron chi connectivity index (χ3n) is 5.67. The number of carbonyl (C=O) groups excluding carboxylic acids is 4. The van der Waals surface area contributed by atoms with Gasteiger partial charge in [-0.25, -0.2) is 4.79 Å². The Balaban J connectivity index is 3.14. The first-order valence-corrected chi connectivity index (χ1v) is 12.7. The monoisotopic (exact) mass is 564 g/mol. The normalized spacial score (nSPS) is 13.8. The van der Waals surface area contributed by atoms with Crippen LogP contribution in [0, 0.1) is 5.92 Å². The van der Waals surface area contributed by atoms with Gasteiger partial charge >= 0.3 is 5.97 Å². The van der Waals surface area contributed by atoms with Gasteiger partial charge in [0.25, 0.3) is 0 Å². The highest BCUT2D eigenvalue weighted by molar-refractivity contribution is 5.96. The van der Waals surface area contributed by atoms with Crippen molar-refractivity contribution in [3.8, 4) is 5.75 Å². The maximum Gasteiger partial charge on any atom is 0.326 e. The van der Waals surface area contributed by atoms with E-state index < -0.39 is 60.2 Å². The fourth-order valence-corrected chi connectivity index (χ4v) is 3.69. The number of phenolic OH excluding ortho intramolecular Hbond substituents is 1. The highest BCUT2D eigenvalue weighted by Gasteiger charge is 2.31. The van der Waals surface area contributed by atoms with Crippen LogP contribution in [0.25, 0.3) is 0 Å². The first-order valence-electron chi connectivity index (χ1n) is 12.7. The van der Waals surface area contributed by atoms with Gasteiger partial charge in [0, 0.05) is 13.0 Å². The number of guanidine groups is 1. The Morgan fingerprint density at radius 3 is 1.95 bits per heavy atom. The Labute approximate surface area is 232 Å². The van der Waals surface area contributed by atoms with E-state index in [0.717, 1.165) is 0 Å². The van der Waals surface area contributed by atoms with Crippen LogP contribution in [0.2, 0.25) is 0 Å². The lowest BCUT2D eigenvalue weighted by Crippen LogP contribution is -2.58. The molecule has 0 aromatic heterocycles. The number of carboxylic acid groups (broad SMARTS) is 1. The first-order chi connectivity index (χ1) is 18.7. The van der Waals surface area contributed by atoms with E-state index in [0.29, 0.717) is 12.0 Å². The Hall–Kier alpha value is -4.40. The molecule has 0 heterocycles. The van der Waals surface area contributed by atoms with Gasteiger partial charge in [-0.3, -0.25) is 24.2 Å². The van der Waals surface area contributed by atoms with E-state index in [-0.39, 0.29) is 43.4 Å². The van der Waals surface area contributed by atoms with Gasteiger partial charge in [0.05, 0.1) is 12.5 Å². The minimum Gasteiger partial charge on any atom is -0.508 e. The number of nitrogens with zero attached hydrogens (tertiary/aromatic N) is 1. The van der Waals surface area contributed by atoms with Crippen LogP contribution in [0.3, 0.4) is 0 Å². The van der Waals surface area contributed by atoms with Gasteiger partial charge in [0.1, 0.15) is 23.9 Å². The standard InChI is InChI=1S/C25H40N8O7/c1-13(2)10-16(26)21(36)32-19(12-20(27)35)23(38)33-18(11-14-5-7-15(34)8-6-14)22(37)31-17(24(39)40)4-3-9-30-25(28)29/h5-8,13,16-19,34H,3-4,9-12,26H2,1-2H3,(H2,27,35)(H,31,37)(H,32,36)(H,33,38)(H,39,40)(H4,28,29,30). The number of aromatic hydroxyl groups is 1. The summed E-state index contributed by atoms with van der Waals surface area (Å²) in [6, 6.07) is 0.745. The Kier molecular flexibility index (Phi) is 13.9. The molecule has 15 nitrogen and oxygen atoms in total. The number of benzene rings is 1. The molecule has 0 saturated heterocycles. The molecular weight excluding hydrogens is 524 g/mol. The second-order valence-electron chi connectivity index (χ2n) is 9.75. The molecule has 0 fully saturated rings. The zero-order valence-corrected chi connectivity index (χ0v) is 22.6. The summed E-state index contributed by atoms with van der Waals surface area (Å²) in [5, 5.41) is 26.4. The van der Waals surface area contributed by atoms with E-state index in [1.165, 1.54) is 24.3 Å². The number of carboxylic acids is 1. The van der Waals surface area contributed by atoms with Gasteiger partial charge in [-0.1, -0.05) is 26.0 Å². The average Bonchev–Trinajstić information content (AvgIpc) is 2.85. The van der Waals surface area contributed by atoms with Crippen LogP contribution in [0.4, 0.5) is 0 Å². The molecule has 1 rings (SSSR count). The maximum atomic E-state index is 13.2. The number of rotatable bonds is 17. The van der Waals surface area contributed by atoms with Gasteiger partial charge in [-0.15, -0.1) is 0 Å². The lowest BCUT2D eigenvalue weighted by Gasteiger charge is -2.25. The topological polar surface area (TPSA) is 278 Å². The molecule has 4 amide bonds. The summed E-state index contributed by atoms with van der Waals surface area (Å²) in [5.74, 6) is -4.71. The summed E-state index contributed by atoms with van der Waals surface area (Å²) >= 11 is 0. The molecule has 4 unspecified atom stereocenters. The number of carbonyl (C=O) groups is 5. The number of hydrogen-bond donors (Lipinski definition) is 9. The van der Waals surface area contributed by atoms with Crippen molar-refractivity contribution in [2.75, 3.05) is 6.54 Å². The Morgan fingerprint density at radius 1 is 0.875 bits per heavy atom. The van der Waals surface area contributed by atoms with E-state index in [1.807, 2.05) is 13.8 Å². The minimum absolute atomic E-state index is 0.00811. The predicted molar refractivity (Wildman–Crippen MR) is 146 cm³/mol. The highest BCUT2D eigenvalue weighted by Crippen LogP contribution is 2.12. The van der Waals surface area contributed by atoms with Crippen LogP contribution in [0.15, 0.2) is 29.3 Å². The summed E-state index contributed by atoms with van der Waals surface area (Å²) in [4.78, 5) is 66.1. The Bertz CT molecular complexity index is 1060. The molecule has 0 radical (unpaired) electrons. The number of amides is 4. The van der Waals surface area contributed by atoms with Crippen molar-refractivity contribution in [3.63, 3.8) is 0 Å². The van der Waals surface area contributed by atoms with Crippen molar-refractivity contribution < 1.29 is 34.2 Å². The van der Waals surface area contributed by atoms with Crippen LogP contribution in [-0.4, -0.2) is 76.5 Å². The molecule has 13 N–H and O–H groups in total. The summed E-state index contributed by atoms with van der Waals surface area (Å²) in [7, 11) is 0. The quantitative estimate of drug-likeness (QED) is 0.0558. The van der Waals surface area contributed by atoms with E-state index in [4.69, 9.17) is 22.9 Å². The van der Waals surface area contributed by atoms with Crippen LogP contribution in [-0.2, 0) is 30.4 Å². The Morgan fingerprint density at radius 2 is 1.43 bits per heavy atom. The van der Waals surface area contributed by atoms with Crippen LogP contribution < -0.4 is 38.9 Å². The van der Waals surface area contributed by atoms with Crippen LogP contribution in [0.5, 0.6) is 5.75 Å². The maximum absolute atomic E-state index is 13.2. The average molecular weight is 565 g/mol.